The van der Waals surface area contributed by atoms with Gasteiger partial charge in [-0.15, -0.1) is 11.3 Å². The lowest BCUT2D eigenvalue weighted by molar-refractivity contribution is -0.144. The van der Waals surface area contributed by atoms with E-state index in [4.69, 9.17) is 4.74 Å². The normalized spacial score (nSPS) is 12.9. The molecule has 1 atom stereocenters. The molecule has 0 amide bonds. The molecule has 21 heavy (non-hydrogen) atoms. The number of hydrogen-bond donors (Lipinski definition) is 2. The van der Waals surface area contributed by atoms with Crippen LogP contribution in [0.3, 0.4) is 0 Å². The Morgan fingerprint density at radius 2 is 2.14 bits per heavy atom. The Kier molecular flexibility index (Phi) is 7.14. The maximum Gasteiger partial charge on any atom is 0.310 e. The highest BCUT2D eigenvalue weighted by atomic mass is 32.1. The lowest BCUT2D eigenvalue weighted by atomic mass is 10.2. The number of carbonyl (C=O) groups is 1. The van der Waals surface area contributed by atoms with E-state index in [0.29, 0.717) is 19.0 Å². The van der Waals surface area contributed by atoms with Gasteiger partial charge in [-0.05, 0) is 20.8 Å². The van der Waals surface area contributed by atoms with Gasteiger partial charge in [0.2, 0.25) is 0 Å². The van der Waals surface area contributed by atoms with Crippen molar-refractivity contribution in [3.63, 3.8) is 0 Å². The van der Waals surface area contributed by atoms with E-state index in [2.05, 4.69) is 27.5 Å². The summed E-state index contributed by atoms with van der Waals surface area (Å²) in [6.07, 6.45) is 0. The van der Waals surface area contributed by atoms with Crippen LogP contribution in [0.1, 0.15) is 29.4 Å². The summed E-state index contributed by atoms with van der Waals surface area (Å²) in [6, 6.07) is 0. The average molecular weight is 312 g/mol. The first-order chi connectivity index (χ1) is 9.97. The van der Waals surface area contributed by atoms with Gasteiger partial charge < -0.3 is 15.4 Å². The number of esters is 1. The maximum atomic E-state index is 11.4. The predicted octanol–water partition coefficient (Wildman–Crippen LogP) is 1.62. The maximum absolute atomic E-state index is 11.4. The third kappa shape index (κ3) is 5.71. The number of ether oxygens (including phenoxy) is 1. The van der Waals surface area contributed by atoms with Gasteiger partial charge in [0.15, 0.2) is 5.96 Å². The monoisotopic (exact) mass is 312 g/mol. The number of nitrogens with one attached hydrogen (secondary N) is 2. The smallest absolute Gasteiger partial charge is 0.310 e. The van der Waals surface area contributed by atoms with Gasteiger partial charge in [0.05, 0.1) is 25.3 Å². The first kappa shape index (κ1) is 17.4. The topological polar surface area (TPSA) is 75.6 Å². The van der Waals surface area contributed by atoms with Crippen LogP contribution in [0.25, 0.3) is 0 Å². The summed E-state index contributed by atoms with van der Waals surface area (Å²) >= 11 is 1.66. The van der Waals surface area contributed by atoms with Gasteiger partial charge in [0, 0.05) is 18.0 Å². The molecular weight excluding hydrogens is 288 g/mol. The van der Waals surface area contributed by atoms with Crippen LogP contribution in [0.2, 0.25) is 0 Å². The van der Waals surface area contributed by atoms with Crippen LogP contribution in [0.5, 0.6) is 0 Å². The molecule has 118 valence electrons. The van der Waals surface area contributed by atoms with Gasteiger partial charge in [-0.3, -0.25) is 4.79 Å². The molecule has 1 rings (SSSR count). The van der Waals surface area contributed by atoms with Crippen molar-refractivity contribution in [2.24, 2.45) is 10.9 Å². The Hall–Kier alpha value is -1.63. The van der Waals surface area contributed by atoms with Crippen LogP contribution in [0.4, 0.5) is 0 Å². The SMILES string of the molecule is CCNC(=NCc1nc(C)c(C)s1)NCC(C)C(=O)OC. The molecule has 0 aliphatic carbocycles. The average Bonchev–Trinajstić information content (AvgIpc) is 2.79. The van der Waals surface area contributed by atoms with Crippen molar-refractivity contribution in [2.75, 3.05) is 20.2 Å². The van der Waals surface area contributed by atoms with Gasteiger partial charge >= 0.3 is 5.97 Å². The summed E-state index contributed by atoms with van der Waals surface area (Å²) in [7, 11) is 1.39. The van der Waals surface area contributed by atoms with E-state index in [1.54, 1.807) is 11.3 Å². The molecule has 2 N–H and O–H groups in total. The number of hydrogen-bond acceptors (Lipinski definition) is 5. The quantitative estimate of drug-likeness (QED) is 0.474. The van der Waals surface area contributed by atoms with E-state index < -0.39 is 0 Å². The van der Waals surface area contributed by atoms with E-state index >= 15 is 0 Å². The van der Waals surface area contributed by atoms with Crippen molar-refractivity contribution in [1.82, 2.24) is 15.6 Å². The predicted molar refractivity (Wildman–Crippen MR) is 85.6 cm³/mol. The Bertz CT molecular complexity index is 480. The summed E-state index contributed by atoms with van der Waals surface area (Å²) in [5, 5.41) is 7.28. The molecule has 1 unspecified atom stereocenters. The van der Waals surface area contributed by atoms with E-state index in [0.717, 1.165) is 17.2 Å². The van der Waals surface area contributed by atoms with E-state index in [9.17, 15) is 4.79 Å². The summed E-state index contributed by atoms with van der Waals surface area (Å²) in [5.41, 5.74) is 1.06. The molecule has 0 aliphatic rings. The van der Waals surface area contributed by atoms with Crippen LogP contribution in [-0.2, 0) is 16.1 Å². The first-order valence-electron chi connectivity index (χ1n) is 7.00. The Morgan fingerprint density at radius 1 is 1.43 bits per heavy atom. The van der Waals surface area contributed by atoms with E-state index in [-0.39, 0.29) is 11.9 Å². The highest BCUT2D eigenvalue weighted by Gasteiger charge is 2.13. The molecule has 0 fully saturated rings. The number of carbonyl (C=O) groups excluding carboxylic acids is 1. The van der Waals surface area contributed by atoms with Crippen molar-refractivity contribution in [1.29, 1.82) is 0 Å². The molecule has 0 saturated carbocycles. The highest BCUT2D eigenvalue weighted by molar-refractivity contribution is 7.11. The van der Waals surface area contributed by atoms with Crippen LogP contribution in [0.15, 0.2) is 4.99 Å². The number of nitrogens with zero attached hydrogens (tertiary/aromatic N) is 2. The van der Waals surface area contributed by atoms with Crippen molar-refractivity contribution < 1.29 is 9.53 Å². The Balaban J connectivity index is 2.59. The lowest BCUT2D eigenvalue weighted by Gasteiger charge is -2.14. The molecule has 0 bridgehead atoms. The number of thiazole rings is 1. The molecule has 0 aromatic carbocycles. The van der Waals surface area contributed by atoms with Crippen LogP contribution >= 0.6 is 11.3 Å². The molecule has 0 radical (unpaired) electrons. The minimum Gasteiger partial charge on any atom is -0.469 e. The highest BCUT2D eigenvalue weighted by Crippen LogP contribution is 2.16. The number of guanidine groups is 1. The Labute approximate surface area is 130 Å². The minimum atomic E-state index is -0.232. The second kappa shape index (κ2) is 8.61. The summed E-state index contributed by atoms with van der Waals surface area (Å²) in [6.45, 7) is 9.64. The molecule has 1 heterocycles. The number of aryl methyl sites for hydroxylation is 2. The molecule has 7 heteroatoms. The van der Waals surface area contributed by atoms with Gasteiger partial charge in [-0.25, -0.2) is 9.98 Å². The number of aliphatic imine (C=N–C) groups is 1. The van der Waals surface area contributed by atoms with Gasteiger partial charge in [0.1, 0.15) is 5.01 Å². The largest absolute Gasteiger partial charge is 0.469 e. The van der Waals surface area contributed by atoms with Gasteiger partial charge in [0.25, 0.3) is 0 Å². The van der Waals surface area contributed by atoms with Crippen LogP contribution < -0.4 is 10.6 Å². The van der Waals surface area contributed by atoms with E-state index in [1.165, 1.54) is 12.0 Å². The number of rotatable bonds is 6. The van der Waals surface area contributed by atoms with Gasteiger partial charge in [-0.2, -0.15) is 0 Å². The standard InChI is InChI=1S/C14H24N4O2S/c1-6-15-14(16-7-9(2)13(19)20-5)17-8-12-18-10(3)11(4)21-12/h9H,6-8H2,1-5H3,(H2,15,16,17). The van der Waals surface area contributed by atoms with Gasteiger partial charge in [-0.1, -0.05) is 6.92 Å². The first-order valence-corrected chi connectivity index (χ1v) is 7.82. The summed E-state index contributed by atoms with van der Waals surface area (Å²) in [4.78, 5) is 21.5. The molecule has 0 saturated heterocycles. The fraction of sp³-hybridized carbons (Fsp3) is 0.643. The second-order valence-electron chi connectivity index (χ2n) is 4.75. The number of methoxy groups -OCH3 is 1. The number of aromatic nitrogens is 1. The Morgan fingerprint density at radius 3 is 2.67 bits per heavy atom. The van der Waals surface area contributed by atoms with Crippen molar-refractivity contribution in [3.05, 3.63) is 15.6 Å². The van der Waals surface area contributed by atoms with Crippen molar-refractivity contribution >= 4 is 23.3 Å². The fourth-order valence-corrected chi connectivity index (χ4v) is 2.49. The summed E-state index contributed by atoms with van der Waals surface area (Å²) < 4.78 is 4.70. The second-order valence-corrected chi connectivity index (χ2v) is 6.04. The van der Waals surface area contributed by atoms with Crippen LogP contribution in [0, 0.1) is 19.8 Å². The summed E-state index contributed by atoms with van der Waals surface area (Å²) in [5.74, 6) is 0.228. The van der Waals surface area contributed by atoms with Crippen LogP contribution in [-0.4, -0.2) is 37.1 Å². The molecule has 0 aliphatic heterocycles. The molecule has 6 nitrogen and oxygen atoms in total. The lowest BCUT2D eigenvalue weighted by Crippen LogP contribution is -2.40. The fourth-order valence-electron chi connectivity index (χ4n) is 1.63. The zero-order valence-electron chi connectivity index (χ0n) is 13.3. The third-order valence-electron chi connectivity index (χ3n) is 2.97. The molecule has 0 spiro atoms. The molecule has 1 aromatic heterocycles. The molecule has 1 aromatic rings. The zero-order valence-corrected chi connectivity index (χ0v) is 14.1. The molecular formula is C14H24N4O2S. The van der Waals surface area contributed by atoms with E-state index in [1.807, 2.05) is 20.8 Å². The minimum absolute atomic E-state index is 0.219. The zero-order chi connectivity index (χ0) is 15.8. The van der Waals surface area contributed by atoms with Crippen molar-refractivity contribution in [2.45, 2.75) is 34.2 Å². The van der Waals surface area contributed by atoms with Crippen molar-refractivity contribution in [3.8, 4) is 0 Å². The third-order valence-corrected chi connectivity index (χ3v) is 4.03.